The van der Waals surface area contributed by atoms with Crippen molar-refractivity contribution >= 4 is 11.5 Å². The van der Waals surface area contributed by atoms with Crippen LogP contribution in [0.3, 0.4) is 0 Å². The summed E-state index contributed by atoms with van der Waals surface area (Å²) in [6.07, 6.45) is 7.33. The summed E-state index contributed by atoms with van der Waals surface area (Å²) >= 11 is 0. The lowest BCUT2D eigenvalue weighted by Gasteiger charge is -2.23. The van der Waals surface area contributed by atoms with Crippen LogP contribution < -0.4 is 10.6 Å². The lowest BCUT2D eigenvalue weighted by atomic mass is 10.2. The molecule has 2 aliphatic carbocycles. The summed E-state index contributed by atoms with van der Waals surface area (Å²) in [5.41, 5.74) is 7.90. The SMILES string of the molecule is Cc1cnc(N(CC2CC2)C2CC2)cc1N. The quantitative estimate of drug-likeness (QED) is 0.841. The molecular weight excluding hydrogens is 198 g/mol. The highest BCUT2D eigenvalue weighted by atomic mass is 15.2. The van der Waals surface area contributed by atoms with Crippen LogP contribution in [-0.4, -0.2) is 17.6 Å². The molecule has 0 aliphatic heterocycles. The second-order valence-corrected chi connectivity index (χ2v) is 5.23. The second-order valence-electron chi connectivity index (χ2n) is 5.23. The molecule has 3 heteroatoms. The van der Waals surface area contributed by atoms with Crippen molar-refractivity contribution in [2.45, 2.75) is 38.6 Å². The number of hydrogen-bond donors (Lipinski definition) is 1. The molecule has 2 N–H and O–H groups in total. The van der Waals surface area contributed by atoms with Crippen LogP contribution in [0.1, 0.15) is 31.2 Å². The first-order valence-electron chi connectivity index (χ1n) is 6.23. The Morgan fingerprint density at radius 1 is 1.38 bits per heavy atom. The van der Waals surface area contributed by atoms with Gasteiger partial charge in [-0.1, -0.05) is 0 Å². The average Bonchev–Trinajstić information content (AvgIpc) is 3.13. The number of anilines is 2. The second kappa shape index (κ2) is 3.65. The number of hydrogen-bond acceptors (Lipinski definition) is 3. The molecule has 1 aromatic rings. The molecule has 3 rings (SSSR count). The molecule has 86 valence electrons. The Hall–Kier alpha value is -1.25. The molecule has 3 nitrogen and oxygen atoms in total. The first kappa shape index (κ1) is 9.94. The van der Waals surface area contributed by atoms with Gasteiger partial charge in [0.05, 0.1) is 0 Å². The molecule has 16 heavy (non-hydrogen) atoms. The Bertz CT molecular complexity index is 394. The number of aryl methyl sites for hydroxylation is 1. The van der Waals surface area contributed by atoms with Crippen LogP contribution in [0, 0.1) is 12.8 Å². The van der Waals surface area contributed by atoms with E-state index < -0.39 is 0 Å². The highest BCUT2D eigenvalue weighted by molar-refractivity contribution is 5.55. The summed E-state index contributed by atoms with van der Waals surface area (Å²) < 4.78 is 0. The lowest BCUT2D eigenvalue weighted by molar-refractivity contribution is 0.709. The van der Waals surface area contributed by atoms with Crippen LogP contribution in [0.15, 0.2) is 12.3 Å². The van der Waals surface area contributed by atoms with Crippen LogP contribution in [-0.2, 0) is 0 Å². The van der Waals surface area contributed by atoms with Crippen LogP contribution in [0.2, 0.25) is 0 Å². The van der Waals surface area contributed by atoms with Gasteiger partial charge in [-0.3, -0.25) is 0 Å². The Kier molecular flexibility index (Phi) is 2.27. The van der Waals surface area contributed by atoms with Gasteiger partial charge in [0.25, 0.3) is 0 Å². The topological polar surface area (TPSA) is 42.2 Å². The van der Waals surface area contributed by atoms with Gasteiger partial charge in [-0.2, -0.15) is 0 Å². The molecule has 0 amide bonds. The van der Waals surface area contributed by atoms with Crippen molar-refractivity contribution in [3.63, 3.8) is 0 Å². The van der Waals surface area contributed by atoms with E-state index in [0.29, 0.717) is 0 Å². The van der Waals surface area contributed by atoms with Crippen molar-refractivity contribution < 1.29 is 0 Å². The summed E-state index contributed by atoms with van der Waals surface area (Å²) in [7, 11) is 0. The van der Waals surface area contributed by atoms with E-state index in [-0.39, 0.29) is 0 Å². The molecule has 0 radical (unpaired) electrons. The minimum Gasteiger partial charge on any atom is -0.398 e. The summed E-state index contributed by atoms with van der Waals surface area (Å²) in [6, 6.07) is 2.77. The van der Waals surface area contributed by atoms with Crippen molar-refractivity contribution in [3.05, 3.63) is 17.8 Å². The van der Waals surface area contributed by atoms with Crippen molar-refractivity contribution in [3.8, 4) is 0 Å². The van der Waals surface area contributed by atoms with E-state index in [0.717, 1.165) is 29.0 Å². The highest BCUT2D eigenvalue weighted by Crippen LogP contribution is 2.37. The summed E-state index contributed by atoms with van der Waals surface area (Å²) in [5, 5.41) is 0. The molecule has 0 saturated heterocycles. The van der Waals surface area contributed by atoms with Gasteiger partial charge >= 0.3 is 0 Å². The van der Waals surface area contributed by atoms with Crippen LogP contribution in [0.4, 0.5) is 11.5 Å². The molecule has 0 unspecified atom stereocenters. The molecule has 2 saturated carbocycles. The van der Waals surface area contributed by atoms with Crippen molar-refractivity contribution in [1.29, 1.82) is 0 Å². The molecule has 2 aliphatic rings. The minimum atomic E-state index is 0.732. The standard InChI is InChI=1S/C13H19N3/c1-9-7-15-13(6-12(9)14)16(11-4-5-11)8-10-2-3-10/h6-7,10-11H,2-5,8H2,1H3,(H2,14,15). The zero-order valence-electron chi connectivity index (χ0n) is 9.82. The third kappa shape index (κ3) is 1.99. The monoisotopic (exact) mass is 217 g/mol. The molecule has 2 fully saturated rings. The van der Waals surface area contributed by atoms with E-state index in [1.54, 1.807) is 0 Å². The van der Waals surface area contributed by atoms with Gasteiger partial charge in [0, 0.05) is 30.5 Å². The third-order valence-electron chi connectivity index (χ3n) is 3.56. The first-order valence-corrected chi connectivity index (χ1v) is 6.23. The maximum absolute atomic E-state index is 5.96. The van der Waals surface area contributed by atoms with E-state index in [1.807, 2.05) is 19.2 Å². The van der Waals surface area contributed by atoms with Gasteiger partial charge in [-0.25, -0.2) is 4.98 Å². The van der Waals surface area contributed by atoms with E-state index in [1.165, 1.54) is 32.2 Å². The molecular formula is C13H19N3. The van der Waals surface area contributed by atoms with Gasteiger partial charge in [-0.05, 0) is 44.1 Å². The van der Waals surface area contributed by atoms with Gasteiger partial charge in [0.15, 0.2) is 0 Å². The van der Waals surface area contributed by atoms with E-state index >= 15 is 0 Å². The summed E-state index contributed by atoms with van der Waals surface area (Å²) in [4.78, 5) is 6.99. The smallest absolute Gasteiger partial charge is 0.130 e. The number of nitrogens with two attached hydrogens (primary N) is 1. The Labute approximate surface area is 96.7 Å². The van der Waals surface area contributed by atoms with Gasteiger partial charge in [0.2, 0.25) is 0 Å². The van der Waals surface area contributed by atoms with E-state index in [9.17, 15) is 0 Å². The fraction of sp³-hybridized carbons (Fsp3) is 0.615. The Balaban J connectivity index is 1.82. The number of pyridine rings is 1. The van der Waals surface area contributed by atoms with Crippen LogP contribution >= 0.6 is 0 Å². The fourth-order valence-corrected chi connectivity index (χ4v) is 2.08. The van der Waals surface area contributed by atoms with Gasteiger partial charge in [0.1, 0.15) is 5.82 Å². The molecule has 1 heterocycles. The molecule has 0 aromatic carbocycles. The predicted molar refractivity (Wildman–Crippen MR) is 66.5 cm³/mol. The molecule has 1 aromatic heterocycles. The van der Waals surface area contributed by atoms with Crippen molar-refractivity contribution in [1.82, 2.24) is 4.98 Å². The zero-order valence-corrected chi connectivity index (χ0v) is 9.82. The van der Waals surface area contributed by atoms with Crippen molar-refractivity contribution in [2.24, 2.45) is 5.92 Å². The normalized spacial score (nSPS) is 19.8. The average molecular weight is 217 g/mol. The summed E-state index contributed by atoms with van der Waals surface area (Å²) in [5.74, 6) is 1.99. The van der Waals surface area contributed by atoms with Gasteiger partial charge in [-0.15, -0.1) is 0 Å². The zero-order chi connectivity index (χ0) is 11.1. The number of rotatable bonds is 4. The maximum atomic E-state index is 5.96. The van der Waals surface area contributed by atoms with Crippen molar-refractivity contribution in [2.75, 3.05) is 17.2 Å². The fourth-order valence-electron chi connectivity index (χ4n) is 2.08. The largest absolute Gasteiger partial charge is 0.398 e. The Morgan fingerprint density at radius 2 is 2.12 bits per heavy atom. The number of nitrogens with zero attached hydrogens (tertiary/aromatic N) is 2. The third-order valence-corrected chi connectivity index (χ3v) is 3.56. The lowest BCUT2D eigenvalue weighted by Crippen LogP contribution is -2.29. The first-order chi connectivity index (χ1) is 7.74. The maximum Gasteiger partial charge on any atom is 0.130 e. The van der Waals surface area contributed by atoms with E-state index in [2.05, 4.69) is 9.88 Å². The van der Waals surface area contributed by atoms with Crippen LogP contribution in [0.25, 0.3) is 0 Å². The number of aromatic nitrogens is 1. The predicted octanol–water partition coefficient (Wildman–Crippen LogP) is 2.35. The van der Waals surface area contributed by atoms with E-state index in [4.69, 9.17) is 5.73 Å². The minimum absolute atomic E-state index is 0.732. The number of nitrogen functional groups attached to an aromatic ring is 1. The Morgan fingerprint density at radius 3 is 2.69 bits per heavy atom. The molecule has 0 spiro atoms. The molecule has 0 bridgehead atoms. The van der Waals surface area contributed by atoms with Gasteiger partial charge < -0.3 is 10.6 Å². The highest BCUT2D eigenvalue weighted by Gasteiger charge is 2.34. The summed E-state index contributed by atoms with van der Waals surface area (Å²) in [6.45, 7) is 3.19. The van der Waals surface area contributed by atoms with Crippen LogP contribution in [0.5, 0.6) is 0 Å². The molecule has 0 atom stereocenters.